The van der Waals surface area contributed by atoms with Crippen LogP contribution in [0.25, 0.3) is 11.4 Å². The van der Waals surface area contributed by atoms with Crippen molar-refractivity contribution in [2.75, 3.05) is 0 Å². The van der Waals surface area contributed by atoms with Crippen LogP contribution in [-0.4, -0.2) is 15.0 Å². The molecule has 0 unspecified atom stereocenters. The van der Waals surface area contributed by atoms with E-state index < -0.39 is 11.6 Å². The highest BCUT2D eigenvalue weighted by Crippen LogP contribution is 2.21. The Kier molecular flexibility index (Phi) is 2.14. The monoisotopic (exact) mass is 193 g/mol. The van der Waals surface area contributed by atoms with E-state index in [4.69, 9.17) is 0 Å². The van der Waals surface area contributed by atoms with Crippen molar-refractivity contribution in [2.45, 2.75) is 0 Å². The zero-order valence-corrected chi connectivity index (χ0v) is 6.98. The van der Waals surface area contributed by atoms with Crippen molar-refractivity contribution >= 4 is 0 Å². The number of halogens is 2. The lowest BCUT2D eigenvalue weighted by Gasteiger charge is -2.01. The minimum atomic E-state index is -0.684. The Morgan fingerprint density at radius 2 is 1.50 bits per heavy atom. The number of aromatic nitrogens is 3. The SMILES string of the molecule is Fc1cccc(F)c1-c1ncncn1. The first-order valence-electron chi connectivity index (χ1n) is 3.85. The van der Waals surface area contributed by atoms with Gasteiger partial charge in [0.15, 0.2) is 5.82 Å². The summed E-state index contributed by atoms with van der Waals surface area (Å²) < 4.78 is 26.4. The summed E-state index contributed by atoms with van der Waals surface area (Å²) in [6.07, 6.45) is 2.38. The molecule has 0 saturated heterocycles. The summed E-state index contributed by atoms with van der Waals surface area (Å²) in [6, 6.07) is 3.60. The van der Waals surface area contributed by atoms with Gasteiger partial charge in [-0.2, -0.15) is 0 Å². The Morgan fingerprint density at radius 3 is 2.07 bits per heavy atom. The van der Waals surface area contributed by atoms with E-state index in [1.165, 1.54) is 18.7 Å². The number of hydrogen-bond acceptors (Lipinski definition) is 3. The van der Waals surface area contributed by atoms with Gasteiger partial charge in [-0.05, 0) is 12.1 Å². The molecule has 70 valence electrons. The Labute approximate surface area is 78.5 Å². The lowest BCUT2D eigenvalue weighted by molar-refractivity contribution is 0.587. The van der Waals surface area contributed by atoms with Crippen molar-refractivity contribution in [3.8, 4) is 11.4 Å². The van der Waals surface area contributed by atoms with Crippen LogP contribution in [0.1, 0.15) is 0 Å². The van der Waals surface area contributed by atoms with Gasteiger partial charge in [-0.25, -0.2) is 23.7 Å². The highest BCUT2D eigenvalue weighted by atomic mass is 19.1. The molecule has 0 aliphatic heterocycles. The molecule has 2 rings (SSSR count). The van der Waals surface area contributed by atoms with Gasteiger partial charge in [-0.1, -0.05) is 6.07 Å². The number of benzene rings is 1. The largest absolute Gasteiger partial charge is 0.225 e. The van der Waals surface area contributed by atoms with Crippen molar-refractivity contribution in [1.82, 2.24) is 15.0 Å². The van der Waals surface area contributed by atoms with Gasteiger partial charge in [0.25, 0.3) is 0 Å². The maximum Gasteiger partial charge on any atom is 0.168 e. The molecular formula is C9H5F2N3. The van der Waals surface area contributed by atoms with E-state index >= 15 is 0 Å². The van der Waals surface area contributed by atoms with E-state index in [0.29, 0.717) is 0 Å². The molecule has 1 aromatic heterocycles. The van der Waals surface area contributed by atoms with E-state index in [2.05, 4.69) is 15.0 Å². The molecule has 0 aliphatic carbocycles. The normalized spacial score (nSPS) is 10.1. The fourth-order valence-corrected chi connectivity index (χ4v) is 1.08. The van der Waals surface area contributed by atoms with Gasteiger partial charge in [0.05, 0.1) is 5.56 Å². The van der Waals surface area contributed by atoms with Gasteiger partial charge >= 0.3 is 0 Å². The highest BCUT2D eigenvalue weighted by Gasteiger charge is 2.12. The van der Waals surface area contributed by atoms with Crippen molar-refractivity contribution in [3.63, 3.8) is 0 Å². The Hall–Kier alpha value is -1.91. The van der Waals surface area contributed by atoms with Gasteiger partial charge < -0.3 is 0 Å². The predicted octanol–water partition coefficient (Wildman–Crippen LogP) is 1.82. The molecule has 1 heterocycles. The van der Waals surface area contributed by atoms with E-state index in [1.807, 2.05) is 0 Å². The number of hydrogen-bond donors (Lipinski definition) is 0. The summed E-state index contributed by atoms with van der Waals surface area (Å²) >= 11 is 0. The molecule has 0 N–H and O–H groups in total. The second-order valence-electron chi connectivity index (χ2n) is 2.56. The topological polar surface area (TPSA) is 38.7 Å². The smallest absolute Gasteiger partial charge is 0.168 e. The summed E-state index contributed by atoms with van der Waals surface area (Å²) in [6.45, 7) is 0. The van der Waals surface area contributed by atoms with E-state index in [0.717, 1.165) is 12.1 Å². The first-order valence-corrected chi connectivity index (χ1v) is 3.85. The van der Waals surface area contributed by atoms with Crippen LogP contribution in [0.15, 0.2) is 30.9 Å². The molecule has 3 nitrogen and oxygen atoms in total. The van der Waals surface area contributed by atoms with Gasteiger partial charge in [0.1, 0.15) is 24.3 Å². The number of rotatable bonds is 1. The second-order valence-corrected chi connectivity index (χ2v) is 2.56. The number of nitrogens with zero attached hydrogens (tertiary/aromatic N) is 3. The summed E-state index contributed by atoms with van der Waals surface area (Å²) in [4.78, 5) is 10.9. The molecule has 0 fully saturated rings. The van der Waals surface area contributed by atoms with Gasteiger partial charge in [-0.3, -0.25) is 0 Å². The lowest BCUT2D eigenvalue weighted by atomic mass is 10.2. The second kappa shape index (κ2) is 3.45. The van der Waals surface area contributed by atoms with Crippen LogP contribution in [0.4, 0.5) is 8.78 Å². The molecule has 0 aliphatic rings. The van der Waals surface area contributed by atoms with Crippen molar-refractivity contribution < 1.29 is 8.78 Å². The fraction of sp³-hybridized carbons (Fsp3) is 0. The van der Waals surface area contributed by atoms with Gasteiger partial charge in [0, 0.05) is 0 Å². The van der Waals surface area contributed by atoms with Gasteiger partial charge in [0.2, 0.25) is 0 Å². The molecule has 2 aromatic rings. The molecule has 0 saturated carbocycles. The third kappa shape index (κ3) is 1.44. The third-order valence-electron chi connectivity index (χ3n) is 1.68. The maximum atomic E-state index is 13.2. The predicted molar refractivity (Wildman–Crippen MR) is 45.2 cm³/mol. The minimum Gasteiger partial charge on any atom is -0.225 e. The summed E-state index contributed by atoms with van der Waals surface area (Å²) in [5, 5.41) is 0. The standard InChI is InChI=1S/C9H5F2N3/c10-6-2-1-3-7(11)8(6)9-13-4-12-5-14-9/h1-5H. The van der Waals surface area contributed by atoms with E-state index in [9.17, 15) is 8.78 Å². The van der Waals surface area contributed by atoms with Crippen LogP contribution in [0.3, 0.4) is 0 Å². The molecule has 5 heteroatoms. The average molecular weight is 193 g/mol. The average Bonchev–Trinajstić information content (AvgIpc) is 2.19. The summed E-state index contributed by atoms with van der Waals surface area (Å²) in [5.74, 6) is -1.37. The van der Waals surface area contributed by atoms with Crippen molar-refractivity contribution in [1.29, 1.82) is 0 Å². The zero-order chi connectivity index (χ0) is 9.97. The van der Waals surface area contributed by atoms with E-state index in [1.54, 1.807) is 0 Å². The first kappa shape index (κ1) is 8.68. The van der Waals surface area contributed by atoms with Crippen LogP contribution >= 0.6 is 0 Å². The summed E-state index contributed by atoms with van der Waals surface area (Å²) in [7, 11) is 0. The Balaban J connectivity index is 2.63. The highest BCUT2D eigenvalue weighted by molar-refractivity contribution is 5.55. The Bertz CT molecular complexity index is 425. The fourth-order valence-electron chi connectivity index (χ4n) is 1.08. The van der Waals surface area contributed by atoms with Crippen molar-refractivity contribution in [2.24, 2.45) is 0 Å². The molecule has 0 bridgehead atoms. The molecule has 0 atom stereocenters. The van der Waals surface area contributed by atoms with Crippen LogP contribution in [-0.2, 0) is 0 Å². The zero-order valence-electron chi connectivity index (χ0n) is 6.98. The van der Waals surface area contributed by atoms with Crippen LogP contribution in [0.2, 0.25) is 0 Å². The molecular weight excluding hydrogens is 188 g/mol. The minimum absolute atomic E-state index is 0.00407. The molecule has 14 heavy (non-hydrogen) atoms. The quantitative estimate of drug-likeness (QED) is 0.693. The Morgan fingerprint density at radius 1 is 0.929 bits per heavy atom. The third-order valence-corrected chi connectivity index (χ3v) is 1.68. The van der Waals surface area contributed by atoms with Crippen LogP contribution in [0, 0.1) is 11.6 Å². The van der Waals surface area contributed by atoms with Crippen LogP contribution in [0.5, 0.6) is 0 Å². The molecule has 1 aromatic carbocycles. The summed E-state index contributed by atoms with van der Waals surface area (Å²) in [5.41, 5.74) is -0.227. The van der Waals surface area contributed by atoms with E-state index in [-0.39, 0.29) is 11.4 Å². The lowest BCUT2D eigenvalue weighted by Crippen LogP contribution is -1.95. The van der Waals surface area contributed by atoms with Crippen molar-refractivity contribution in [3.05, 3.63) is 42.5 Å². The van der Waals surface area contributed by atoms with Gasteiger partial charge in [-0.15, -0.1) is 0 Å². The first-order chi connectivity index (χ1) is 6.79. The molecule has 0 spiro atoms. The van der Waals surface area contributed by atoms with Crippen LogP contribution < -0.4 is 0 Å². The maximum absolute atomic E-state index is 13.2. The molecule has 0 amide bonds. The molecule has 0 radical (unpaired) electrons.